The Morgan fingerprint density at radius 2 is 0.861 bits per heavy atom. The Labute approximate surface area is 441 Å². The van der Waals surface area contributed by atoms with E-state index in [-0.39, 0.29) is 12.5 Å². The van der Waals surface area contributed by atoms with Crippen molar-refractivity contribution in [2.45, 2.75) is 294 Å². The van der Waals surface area contributed by atoms with E-state index in [9.17, 15) is 30.3 Å². The minimum Gasteiger partial charge on any atom is -0.394 e. The highest BCUT2D eigenvalue weighted by atomic mass is 16.7. The summed E-state index contributed by atoms with van der Waals surface area (Å²) < 4.78 is 11.3. The van der Waals surface area contributed by atoms with Gasteiger partial charge in [0.05, 0.1) is 25.4 Å². The first-order valence-corrected chi connectivity index (χ1v) is 29.8. The molecule has 0 spiro atoms. The fourth-order valence-corrected chi connectivity index (χ4v) is 9.08. The van der Waals surface area contributed by atoms with Crippen molar-refractivity contribution in [3.05, 3.63) is 85.1 Å². The molecule has 1 rings (SSSR count). The highest BCUT2D eigenvalue weighted by Crippen LogP contribution is 2.23. The first-order chi connectivity index (χ1) is 35.3. The molecule has 0 saturated carbocycles. The summed E-state index contributed by atoms with van der Waals surface area (Å²) in [6.45, 7) is 3.73. The minimum absolute atomic E-state index is 0.146. The summed E-state index contributed by atoms with van der Waals surface area (Å²) in [5, 5.41) is 54.7. The molecule has 0 aromatic carbocycles. The Morgan fingerprint density at radius 1 is 0.486 bits per heavy atom. The van der Waals surface area contributed by atoms with Crippen LogP contribution in [0.5, 0.6) is 0 Å². The second kappa shape index (κ2) is 51.8. The lowest BCUT2D eigenvalue weighted by molar-refractivity contribution is -0.302. The van der Waals surface area contributed by atoms with Crippen LogP contribution >= 0.6 is 0 Å². The van der Waals surface area contributed by atoms with E-state index in [0.717, 1.165) is 96.3 Å². The van der Waals surface area contributed by atoms with E-state index < -0.39 is 49.5 Å². The zero-order valence-corrected chi connectivity index (χ0v) is 46.2. The third-order valence-corrected chi connectivity index (χ3v) is 13.8. The van der Waals surface area contributed by atoms with Gasteiger partial charge in [-0.25, -0.2) is 0 Å². The van der Waals surface area contributed by atoms with Crippen LogP contribution in [0, 0.1) is 0 Å². The van der Waals surface area contributed by atoms with Crippen molar-refractivity contribution in [2.75, 3.05) is 13.2 Å². The molecule has 9 heteroatoms. The minimum atomic E-state index is -1.56. The molecule has 0 aromatic rings. The normalized spacial score (nSPS) is 19.8. The molecule has 7 atom stereocenters. The summed E-state index contributed by atoms with van der Waals surface area (Å²) in [5.41, 5.74) is 0. The number of hydrogen-bond acceptors (Lipinski definition) is 8. The van der Waals surface area contributed by atoms with E-state index in [1.54, 1.807) is 0 Å². The highest BCUT2D eigenvalue weighted by molar-refractivity contribution is 5.76. The fraction of sp³-hybridized carbons (Fsp3) is 0.762. The SMILES string of the molecule is CC/C=C\C/C=C\C/C=C\C/C=C\C/C=C\C/C=C\C/C=C\CCCCCCCCCC(=O)NC(COC1OC(CO)C(O)C(O)C1O)C(O)CCCCCCCCCCCCCCCCCCCCCC. The molecular weight excluding hydrogens is 899 g/mol. The number of ether oxygens (including phenoxy) is 2. The third-order valence-electron chi connectivity index (χ3n) is 13.8. The molecule has 1 fully saturated rings. The Balaban J connectivity index is 2.22. The number of allylic oxidation sites excluding steroid dienone is 14. The zero-order valence-electron chi connectivity index (χ0n) is 46.2. The van der Waals surface area contributed by atoms with Gasteiger partial charge in [0, 0.05) is 6.42 Å². The van der Waals surface area contributed by atoms with Gasteiger partial charge in [0.25, 0.3) is 0 Å². The van der Waals surface area contributed by atoms with Crippen molar-refractivity contribution in [2.24, 2.45) is 0 Å². The van der Waals surface area contributed by atoms with Gasteiger partial charge in [-0.2, -0.15) is 0 Å². The van der Waals surface area contributed by atoms with Gasteiger partial charge in [0.1, 0.15) is 24.4 Å². The van der Waals surface area contributed by atoms with Gasteiger partial charge < -0.3 is 40.3 Å². The molecule has 1 saturated heterocycles. The molecule has 6 N–H and O–H groups in total. The van der Waals surface area contributed by atoms with Gasteiger partial charge in [-0.15, -0.1) is 0 Å². The van der Waals surface area contributed by atoms with Crippen molar-refractivity contribution in [1.82, 2.24) is 5.32 Å². The predicted octanol–water partition coefficient (Wildman–Crippen LogP) is 15.0. The van der Waals surface area contributed by atoms with Crippen molar-refractivity contribution < 1.29 is 39.8 Å². The Hall–Kier alpha value is -2.63. The number of nitrogens with one attached hydrogen (secondary N) is 1. The number of hydrogen-bond donors (Lipinski definition) is 6. The lowest BCUT2D eigenvalue weighted by Crippen LogP contribution is -2.60. The molecule has 0 radical (unpaired) electrons. The number of unbranched alkanes of at least 4 members (excludes halogenated alkanes) is 26. The first kappa shape index (κ1) is 67.4. The molecule has 0 aromatic heterocycles. The number of aliphatic hydroxyl groups is 5. The summed E-state index contributed by atoms with van der Waals surface area (Å²) in [6.07, 6.45) is 66.0. The second-order valence-corrected chi connectivity index (χ2v) is 20.4. The van der Waals surface area contributed by atoms with Gasteiger partial charge in [0.2, 0.25) is 5.91 Å². The second-order valence-electron chi connectivity index (χ2n) is 20.4. The van der Waals surface area contributed by atoms with Crippen molar-refractivity contribution in [3.63, 3.8) is 0 Å². The van der Waals surface area contributed by atoms with Gasteiger partial charge >= 0.3 is 0 Å². The van der Waals surface area contributed by atoms with Crippen molar-refractivity contribution in [1.29, 1.82) is 0 Å². The van der Waals surface area contributed by atoms with Crippen LogP contribution in [-0.4, -0.2) is 87.5 Å². The van der Waals surface area contributed by atoms with Gasteiger partial charge in [-0.05, 0) is 70.6 Å². The van der Waals surface area contributed by atoms with Crippen LogP contribution < -0.4 is 5.32 Å². The predicted molar refractivity (Wildman–Crippen MR) is 304 cm³/mol. The standard InChI is InChI=1S/C63H111NO8/c1-3-5-7-9-11-13-15-17-19-21-23-25-26-27-28-29-30-31-32-33-35-37-39-41-43-45-47-49-51-53-59(67)64-56(55-71-63-62(70)61(69)60(68)58(54-65)72-63)57(66)52-50-48-46-44-42-40-38-36-34-24-22-20-18-16-14-12-10-8-6-4-2/h5,7,11,13,17,19,23,25,27-28,30-31,33,35,56-58,60-63,65-66,68-70H,3-4,6,8-10,12,14-16,18,20-22,24,26,29,32,34,36-55H2,1-2H3,(H,64,67)/b7-5-,13-11-,19-17-,25-23-,28-27-,31-30-,35-33-. The van der Waals surface area contributed by atoms with Crippen LogP contribution in [0.25, 0.3) is 0 Å². The highest BCUT2D eigenvalue weighted by Gasteiger charge is 2.44. The van der Waals surface area contributed by atoms with Crippen LogP contribution in [0.2, 0.25) is 0 Å². The van der Waals surface area contributed by atoms with Crippen LogP contribution in [0.3, 0.4) is 0 Å². The zero-order chi connectivity index (χ0) is 52.2. The maximum absolute atomic E-state index is 13.1. The van der Waals surface area contributed by atoms with E-state index in [2.05, 4.69) is 104 Å². The van der Waals surface area contributed by atoms with E-state index in [1.165, 1.54) is 128 Å². The molecule has 1 amide bonds. The lowest BCUT2D eigenvalue weighted by Gasteiger charge is -2.40. The van der Waals surface area contributed by atoms with Crippen LogP contribution in [0.15, 0.2) is 85.1 Å². The van der Waals surface area contributed by atoms with Gasteiger partial charge in [-0.3, -0.25) is 4.79 Å². The molecule has 0 bridgehead atoms. The van der Waals surface area contributed by atoms with Gasteiger partial charge in [-0.1, -0.05) is 259 Å². The van der Waals surface area contributed by atoms with E-state index in [1.807, 2.05) is 0 Å². The molecule has 72 heavy (non-hydrogen) atoms. The number of carbonyl (C=O) groups is 1. The molecule has 7 unspecified atom stereocenters. The molecule has 1 aliphatic rings. The largest absolute Gasteiger partial charge is 0.394 e. The van der Waals surface area contributed by atoms with Crippen LogP contribution in [0.1, 0.15) is 251 Å². The van der Waals surface area contributed by atoms with E-state index in [4.69, 9.17) is 9.47 Å². The Kier molecular flexibility index (Phi) is 48.5. The summed E-state index contributed by atoms with van der Waals surface area (Å²) in [4.78, 5) is 13.1. The maximum atomic E-state index is 13.1. The summed E-state index contributed by atoms with van der Waals surface area (Å²) in [5.74, 6) is -0.157. The Morgan fingerprint density at radius 3 is 1.28 bits per heavy atom. The van der Waals surface area contributed by atoms with Crippen LogP contribution in [-0.2, 0) is 14.3 Å². The van der Waals surface area contributed by atoms with Crippen molar-refractivity contribution in [3.8, 4) is 0 Å². The molecule has 1 heterocycles. The molecular formula is C63H111NO8. The number of carbonyl (C=O) groups excluding carboxylic acids is 1. The average Bonchev–Trinajstić information content (AvgIpc) is 3.38. The summed E-state index contributed by atoms with van der Waals surface area (Å²) in [6, 6.07) is -0.732. The first-order valence-electron chi connectivity index (χ1n) is 29.8. The van der Waals surface area contributed by atoms with E-state index in [0.29, 0.717) is 12.8 Å². The molecule has 9 nitrogen and oxygen atoms in total. The quantitative estimate of drug-likeness (QED) is 0.0261. The summed E-state index contributed by atoms with van der Waals surface area (Å²) >= 11 is 0. The topological polar surface area (TPSA) is 149 Å². The maximum Gasteiger partial charge on any atom is 0.220 e. The average molecular weight is 1010 g/mol. The number of rotatable bonds is 50. The van der Waals surface area contributed by atoms with Crippen LogP contribution in [0.4, 0.5) is 0 Å². The monoisotopic (exact) mass is 1010 g/mol. The smallest absolute Gasteiger partial charge is 0.220 e. The van der Waals surface area contributed by atoms with Gasteiger partial charge in [0.15, 0.2) is 6.29 Å². The van der Waals surface area contributed by atoms with Crippen molar-refractivity contribution >= 4 is 5.91 Å². The Bertz CT molecular complexity index is 1400. The number of aliphatic hydroxyl groups excluding tert-OH is 5. The molecule has 0 aliphatic carbocycles. The number of amides is 1. The summed E-state index contributed by atoms with van der Waals surface area (Å²) in [7, 11) is 0. The molecule has 1 aliphatic heterocycles. The third kappa shape index (κ3) is 40.7. The van der Waals surface area contributed by atoms with E-state index >= 15 is 0 Å². The fourth-order valence-electron chi connectivity index (χ4n) is 9.08. The molecule has 416 valence electrons. The lowest BCUT2D eigenvalue weighted by atomic mass is 9.99.